The number of anilines is 1. The lowest BCUT2D eigenvalue weighted by atomic mass is 10.1. The van der Waals surface area contributed by atoms with Crippen LogP contribution in [-0.2, 0) is 14.6 Å². The van der Waals surface area contributed by atoms with Gasteiger partial charge in [0.05, 0.1) is 4.90 Å². The van der Waals surface area contributed by atoms with E-state index >= 15 is 0 Å². The number of hydrogen-bond acceptors (Lipinski definition) is 3. The Balaban J connectivity index is 2.78. The van der Waals surface area contributed by atoms with E-state index in [2.05, 4.69) is 5.32 Å². The maximum Gasteiger partial charge on any atom is 0.221 e. The molecule has 18 heavy (non-hydrogen) atoms. The van der Waals surface area contributed by atoms with Gasteiger partial charge in [-0.05, 0) is 12.1 Å². The molecule has 94 valence electrons. The zero-order chi connectivity index (χ0) is 13.3. The molecule has 0 saturated heterocycles. The molecule has 0 spiro atoms. The molecule has 0 atom stereocenters. The van der Waals surface area contributed by atoms with E-state index in [1.54, 1.807) is 30.3 Å². The van der Waals surface area contributed by atoms with Crippen LogP contribution in [0.25, 0.3) is 10.8 Å². The third-order valence-electron chi connectivity index (χ3n) is 2.59. The SMILES string of the molecule is CC(=O)Nc1ccc(S(C)(=O)=O)c2ccccc12. The molecule has 2 aromatic rings. The summed E-state index contributed by atoms with van der Waals surface area (Å²) in [6.45, 7) is 1.42. The molecule has 0 heterocycles. The van der Waals surface area contributed by atoms with Gasteiger partial charge >= 0.3 is 0 Å². The van der Waals surface area contributed by atoms with Gasteiger partial charge in [-0.15, -0.1) is 0 Å². The van der Waals surface area contributed by atoms with Gasteiger partial charge < -0.3 is 5.32 Å². The molecule has 5 heteroatoms. The average Bonchev–Trinajstić information content (AvgIpc) is 2.27. The molecule has 0 aliphatic carbocycles. The lowest BCUT2D eigenvalue weighted by molar-refractivity contribution is -0.114. The normalized spacial score (nSPS) is 11.4. The molecule has 0 radical (unpaired) electrons. The van der Waals surface area contributed by atoms with E-state index in [1.807, 2.05) is 0 Å². The number of sulfone groups is 1. The third-order valence-corrected chi connectivity index (χ3v) is 3.75. The summed E-state index contributed by atoms with van der Waals surface area (Å²) in [5, 5.41) is 4.03. The van der Waals surface area contributed by atoms with Crippen molar-refractivity contribution in [2.45, 2.75) is 11.8 Å². The van der Waals surface area contributed by atoms with Crippen LogP contribution < -0.4 is 5.32 Å². The highest BCUT2D eigenvalue weighted by molar-refractivity contribution is 7.91. The number of carbonyl (C=O) groups is 1. The lowest BCUT2D eigenvalue weighted by Crippen LogP contribution is -2.07. The summed E-state index contributed by atoms with van der Waals surface area (Å²) in [6.07, 6.45) is 1.17. The number of carbonyl (C=O) groups excluding carboxylic acids is 1. The number of fused-ring (bicyclic) bond motifs is 1. The molecule has 2 aromatic carbocycles. The van der Waals surface area contributed by atoms with Gasteiger partial charge in [0, 0.05) is 29.6 Å². The second-order valence-electron chi connectivity index (χ2n) is 4.11. The zero-order valence-corrected chi connectivity index (χ0v) is 10.9. The highest BCUT2D eigenvalue weighted by Crippen LogP contribution is 2.29. The Morgan fingerprint density at radius 1 is 1.06 bits per heavy atom. The summed E-state index contributed by atoms with van der Waals surface area (Å²) in [5.41, 5.74) is 0.616. The van der Waals surface area contributed by atoms with Gasteiger partial charge in [-0.2, -0.15) is 0 Å². The summed E-state index contributed by atoms with van der Waals surface area (Å²) >= 11 is 0. The molecule has 1 N–H and O–H groups in total. The average molecular weight is 263 g/mol. The van der Waals surface area contributed by atoms with Crippen LogP contribution >= 0.6 is 0 Å². The van der Waals surface area contributed by atoms with Crippen LogP contribution in [0.15, 0.2) is 41.3 Å². The molecule has 0 bridgehead atoms. The standard InChI is InChI=1S/C13H13NO3S/c1-9(15)14-12-7-8-13(18(2,16)17)11-6-4-3-5-10(11)12/h3-8H,1-2H3,(H,14,15). The minimum Gasteiger partial charge on any atom is -0.326 e. The maximum absolute atomic E-state index is 11.7. The van der Waals surface area contributed by atoms with Gasteiger partial charge in [0.1, 0.15) is 0 Å². The van der Waals surface area contributed by atoms with E-state index in [1.165, 1.54) is 19.2 Å². The summed E-state index contributed by atoms with van der Waals surface area (Å²) in [7, 11) is -3.29. The summed E-state index contributed by atoms with van der Waals surface area (Å²) < 4.78 is 23.4. The molecule has 0 fully saturated rings. The summed E-state index contributed by atoms with van der Waals surface area (Å²) in [5.74, 6) is -0.188. The fourth-order valence-electron chi connectivity index (χ4n) is 1.89. The number of rotatable bonds is 2. The first-order chi connectivity index (χ1) is 8.39. The minimum absolute atomic E-state index is 0.188. The van der Waals surface area contributed by atoms with Crippen LogP contribution in [-0.4, -0.2) is 20.6 Å². The highest BCUT2D eigenvalue weighted by atomic mass is 32.2. The molecule has 4 nitrogen and oxygen atoms in total. The fourth-order valence-corrected chi connectivity index (χ4v) is 2.79. The van der Waals surface area contributed by atoms with E-state index < -0.39 is 9.84 Å². The van der Waals surface area contributed by atoms with E-state index in [4.69, 9.17) is 0 Å². The Hall–Kier alpha value is -1.88. The van der Waals surface area contributed by atoms with Crippen molar-refractivity contribution in [2.75, 3.05) is 11.6 Å². The quantitative estimate of drug-likeness (QED) is 0.903. The Morgan fingerprint density at radius 2 is 1.67 bits per heavy atom. The van der Waals surface area contributed by atoms with Crippen molar-refractivity contribution >= 4 is 32.2 Å². The van der Waals surface area contributed by atoms with Gasteiger partial charge in [-0.3, -0.25) is 4.79 Å². The topological polar surface area (TPSA) is 63.2 Å². The van der Waals surface area contributed by atoms with Crippen LogP contribution in [0.5, 0.6) is 0 Å². The smallest absolute Gasteiger partial charge is 0.221 e. The van der Waals surface area contributed by atoms with Crippen LogP contribution in [0, 0.1) is 0 Å². The van der Waals surface area contributed by atoms with Crippen molar-refractivity contribution in [3.8, 4) is 0 Å². The van der Waals surface area contributed by atoms with Gasteiger partial charge in [-0.1, -0.05) is 24.3 Å². The number of hydrogen-bond donors (Lipinski definition) is 1. The molecular weight excluding hydrogens is 250 g/mol. The highest BCUT2D eigenvalue weighted by Gasteiger charge is 2.13. The number of benzene rings is 2. The first kappa shape index (κ1) is 12.6. The lowest BCUT2D eigenvalue weighted by Gasteiger charge is -2.10. The maximum atomic E-state index is 11.7. The monoisotopic (exact) mass is 263 g/mol. The summed E-state index contributed by atoms with van der Waals surface area (Å²) in [4.78, 5) is 11.4. The first-order valence-corrected chi connectivity index (χ1v) is 7.28. The van der Waals surface area contributed by atoms with Crippen molar-refractivity contribution < 1.29 is 13.2 Å². The molecular formula is C13H13NO3S. The van der Waals surface area contributed by atoms with E-state index in [0.717, 1.165) is 5.39 Å². The Bertz CT molecular complexity index is 720. The molecule has 0 unspecified atom stereocenters. The summed E-state index contributed by atoms with van der Waals surface area (Å²) in [6, 6.07) is 10.2. The molecule has 0 saturated carbocycles. The van der Waals surface area contributed by atoms with Gasteiger partial charge in [0.15, 0.2) is 9.84 Å². The fraction of sp³-hybridized carbons (Fsp3) is 0.154. The largest absolute Gasteiger partial charge is 0.326 e. The van der Waals surface area contributed by atoms with E-state index in [0.29, 0.717) is 11.1 Å². The van der Waals surface area contributed by atoms with Crippen LogP contribution in [0.2, 0.25) is 0 Å². The molecule has 0 aromatic heterocycles. The molecule has 2 rings (SSSR count). The minimum atomic E-state index is -3.29. The van der Waals surface area contributed by atoms with Crippen molar-refractivity contribution in [3.05, 3.63) is 36.4 Å². The predicted molar refractivity (Wildman–Crippen MR) is 71.4 cm³/mol. The van der Waals surface area contributed by atoms with Crippen LogP contribution in [0.3, 0.4) is 0 Å². The first-order valence-electron chi connectivity index (χ1n) is 5.39. The number of nitrogens with one attached hydrogen (secondary N) is 1. The molecule has 1 amide bonds. The van der Waals surface area contributed by atoms with E-state index in [-0.39, 0.29) is 10.8 Å². The van der Waals surface area contributed by atoms with Crippen molar-refractivity contribution in [2.24, 2.45) is 0 Å². The second-order valence-corrected chi connectivity index (χ2v) is 6.09. The Morgan fingerprint density at radius 3 is 2.22 bits per heavy atom. The van der Waals surface area contributed by atoms with Crippen molar-refractivity contribution in [1.29, 1.82) is 0 Å². The Kier molecular flexibility index (Phi) is 3.09. The van der Waals surface area contributed by atoms with Crippen LogP contribution in [0.4, 0.5) is 5.69 Å². The second kappa shape index (κ2) is 4.42. The van der Waals surface area contributed by atoms with Gasteiger partial charge in [0.2, 0.25) is 5.91 Å². The van der Waals surface area contributed by atoms with Crippen molar-refractivity contribution in [1.82, 2.24) is 0 Å². The van der Waals surface area contributed by atoms with E-state index in [9.17, 15) is 13.2 Å². The third kappa shape index (κ3) is 2.36. The number of amides is 1. The predicted octanol–water partition coefficient (Wildman–Crippen LogP) is 2.20. The van der Waals surface area contributed by atoms with Gasteiger partial charge in [0.25, 0.3) is 0 Å². The molecule has 0 aliphatic rings. The van der Waals surface area contributed by atoms with Crippen LogP contribution in [0.1, 0.15) is 6.92 Å². The van der Waals surface area contributed by atoms with Crippen molar-refractivity contribution in [3.63, 3.8) is 0 Å². The molecule has 0 aliphatic heterocycles. The Labute approximate surface area is 106 Å². The zero-order valence-electron chi connectivity index (χ0n) is 10.1. The van der Waals surface area contributed by atoms with Gasteiger partial charge in [-0.25, -0.2) is 8.42 Å².